The molecule has 0 bridgehead atoms. The zero-order valence-corrected chi connectivity index (χ0v) is 9.89. The number of rotatable bonds is 2. The second kappa shape index (κ2) is 5.50. The van der Waals surface area contributed by atoms with Gasteiger partial charge in [0.15, 0.2) is 0 Å². The summed E-state index contributed by atoms with van der Waals surface area (Å²) in [5.41, 5.74) is 5.60. The van der Waals surface area contributed by atoms with Crippen LogP contribution in [0.1, 0.15) is 25.7 Å². The van der Waals surface area contributed by atoms with Crippen LogP contribution in [0.5, 0.6) is 0 Å². The second-order valence-corrected chi connectivity index (χ2v) is 4.46. The summed E-state index contributed by atoms with van der Waals surface area (Å²) in [4.78, 5) is 22.4. The Kier molecular flexibility index (Phi) is 4.56. The van der Waals surface area contributed by atoms with Crippen LogP contribution in [0.3, 0.4) is 0 Å². The van der Waals surface area contributed by atoms with Gasteiger partial charge >= 0.3 is 6.03 Å². The van der Waals surface area contributed by atoms with Crippen molar-refractivity contribution in [2.75, 3.05) is 6.54 Å². The van der Waals surface area contributed by atoms with Crippen LogP contribution in [0.15, 0.2) is 0 Å². The van der Waals surface area contributed by atoms with E-state index in [1.54, 1.807) is 0 Å². The first kappa shape index (κ1) is 13.3. The molecule has 1 atom stereocenters. The molecule has 4 N–H and O–H groups in total. The number of nitrogens with one attached hydrogen (secondary N) is 2. The fourth-order valence-corrected chi connectivity index (χ4v) is 2.52. The highest BCUT2D eigenvalue weighted by atomic mass is 35.5. The first-order chi connectivity index (χ1) is 7.20. The Hall–Kier alpha value is -0.810. The molecule has 5 nitrogen and oxygen atoms in total. The van der Waals surface area contributed by atoms with Gasteiger partial charge in [-0.3, -0.25) is 10.1 Å². The molecule has 1 unspecified atom stereocenters. The van der Waals surface area contributed by atoms with E-state index >= 15 is 0 Å². The number of nitrogens with two attached hydrogens (primary N) is 1. The van der Waals surface area contributed by atoms with E-state index in [0.717, 1.165) is 32.2 Å². The maximum absolute atomic E-state index is 11.4. The lowest BCUT2D eigenvalue weighted by Crippen LogP contribution is -2.39. The molecule has 1 saturated heterocycles. The van der Waals surface area contributed by atoms with Gasteiger partial charge < -0.3 is 11.1 Å². The minimum atomic E-state index is -0.356. The molecule has 6 heteroatoms. The molecule has 3 amide bonds. The van der Waals surface area contributed by atoms with Crippen molar-refractivity contribution in [3.63, 3.8) is 0 Å². The quantitative estimate of drug-likeness (QED) is 0.617. The Morgan fingerprint density at radius 1 is 1.19 bits per heavy atom. The Morgan fingerprint density at radius 2 is 1.81 bits per heavy atom. The maximum atomic E-state index is 11.4. The van der Waals surface area contributed by atoms with E-state index in [2.05, 4.69) is 10.6 Å². The smallest absolute Gasteiger partial charge is 0.322 e. The van der Waals surface area contributed by atoms with Crippen LogP contribution >= 0.6 is 12.4 Å². The number of imide groups is 1. The average molecular weight is 248 g/mol. The Labute approximate surface area is 101 Å². The van der Waals surface area contributed by atoms with Gasteiger partial charge in [-0.25, -0.2) is 4.79 Å². The number of amides is 3. The molecule has 0 spiro atoms. The fraction of sp³-hybridized carbons (Fsp3) is 0.800. The van der Waals surface area contributed by atoms with Gasteiger partial charge in [0, 0.05) is 0 Å². The number of halogens is 1. The first-order valence-electron chi connectivity index (χ1n) is 5.52. The lowest BCUT2D eigenvalue weighted by molar-refractivity contribution is -0.121. The first-order valence-corrected chi connectivity index (χ1v) is 5.52. The Bertz CT molecular complexity index is 277. The summed E-state index contributed by atoms with van der Waals surface area (Å²) in [5.74, 6) is 0.719. The minimum absolute atomic E-state index is 0. The molecule has 16 heavy (non-hydrogen) atoms. The summed E-state index contributed by atoms with van der Waals surface area (Å²) in [6.07, 6.45) is 4.11. The molecule has 2 aliphatic rings. The van der Waals surface area contributed by atoms with Gasteiger partial charge in [-0.05, 0) is 44.1 Å². The topological polar surface area (TPSA) is 84.2 Å². The van der Waals surface area contributed by atoms with E-state index in [0.29, 0.717) is 11.8 Å². The van der Waals surface area contributed by atoms with Gasteiger partial charge in [-0.2, -0.15) is 0 Å². The summed E-state index contributed by atoms with van der Waals surface area (Å²) in [6, 6.07) is -0.665. The van der Waals surface area contributed by atoms with Crippen molar-refractivity contribution in [3.05, 3.63) is 0 Å². The average Bonchev–Trinajstić information content (AvgIpc) is 2.58. The van der Waals surface area contributed by atoms with Crippen LogP contribution in [0.25, 0.3) is 0 Å². The highest BCUT2D eigenvalue weighted by Crippen LogP contribution is 2.31. The maximum Gasteiger partial charge on any atom is 0.322 e. The summed E-state index contributed by atoms with van der Waals surface area (Å²) < 4.78 is 0. The van der Waals surface area contributed by atoms with E-state index in [4.69, 9.17) is 5.73 Å². The highest BCUT2D eigenvalue weighted by Gasteiger charge is 2.37. The van der Waals surface area contributed by atoms with Crippen LogP contribution in [-0.4, -0.2) is 24.5 Å². The summed E-state index contributed by atoms with van der Waals surface area (Å²) in [7, 11) is 0. The van der Waals surface area contributed by atoms with Gasteiger partial charge in [0.2, 0.25) is 0 Å². The lowest BCUT2D eigenvalue weighted by atomic mass is 9.78. The normalized spacial score (nSPS) is 33.9. The lowest BCUT2D eigenvalue weighted by Gasteiger charge is -2.29. The predicted molar refractivity (Wildman–Crippen MR) is 62.2 cm³/mol. The molecular weight excluding hydrogens is 230 g/mol. The monoisotopic (exact) mass is 247 g/mol. The van der Waals surface area contributed by atoms with Gasteiger partial charge in [0.05, 0.1) is 0 Å². The van der Waals surface area contributed by atoms with Crippen LogP contribution in [0, 0.1) is 11.8 Å². The molecule has 1 aliphatic carbocycles. The van der Waals surface area contributed by atoms with E-state index < -0.39 is 0 Å². The number of carbonyl (C=O) groups is 2. The standard InChI is InChI=1S/C10H17N3O2.ClH/c11-5-6-1-3-7(4-2-6)8-9(14)13-10(15)12-8;/h6-8H,1-5,11H2,(H2,12,13,14,15);1H. The third-order valence-electron chi connectivity index (χ3n) is 3.50. The van der Waals surface area contributed by atoms with Crippen molar-refractivity contribution in [3.8, 4) is 0 Å². The van der Waals surface area contributed by atoms with Gasteiger partial charge in [-0.1, -0.05) is 0 Å². The fourth-order valence-electron chi connectivity index (χ4n) is 2.52. The number of urea groups is 1. The molecule has 0 aromatic heterocycles. The van der Waals surface area contributed by atoms with Gasteiger partial charge in [0.25, 0.3) is 5.91 Å². The molecule has 1 saturated carbocycles. The minimum Gasteiger partial charge on any atom is -0.330 e. The van der Waals surface area contributed by atoms with E-state index in [-0.39, 0.29) is 30.4 Å². The van der Waals surface area contributed by atoms with Crippen molar-refractivity contribution < 1.29 is 9.59 Å². The van der Waals surface area contributed by atoms with Crippen LogP contribution in [-0.2, 0) is 4.79 Å². The molecule has 2 rings (SSSR count). The third-order valence-corrected chi connectivity index (χ3v) is 3.50. The third kappa shape index (κ3) is 2.65. The van der Waals surface area contributed by atoms with Crippen LogP contribution < -0.4 is 16.4 Å². The van der Waals surface area contributed by atoms with Crippen LogP contribution in [0.4, 0.5) is 4.79 Å². The molecular formula is C10H18ClN3O2. The number of hydrogen-bond acceptors (Lipinski definition) is 3. The van der Waals surface area contributed by atoms with Gasteiger partial charge in [-0.15, -0.1) is 12.4 Å². The van der Waals surface area contributed by atoms with Crippen LogP contribution in [0.2, 0.25) is 0 Å². The van der Waals surface area contributed by atoms with Crippen molar-refractivity contribution >= 4 is 24.3 Å². The molecule has 0 aromatic carbocycles. The largest absolute Gasteiger partial charge is 0.330 e. The Morgan fingerprint density at radius 3 is 2.25 bits per heavy atom. The van der Waals surface area contributed by atoms with Crippen molar-refractivity contribution in [2.24, 2.45) is 17.6 Å². The summed E-state index contributed by atoms with van der Waals surface area (Å²) in [6.45, 7) is 0.732. The predicted octanol–water partition coefficient (Wildman–Crippen LogP) is 0.381. The number of carbonyl (C=O) groups excluding carboxylic acids is 2. The SMILES string of the molecule is Cl.NCC1CCC(C2NC(=O)NC2=O)CC1. The molecule has 0 aromatic rings. The van der Waals surface area contributed by atoms with Crippen molar-refractivity contribution in [1.29, 1.82) is 0 Å². The number of hydrogen-bond donors (Lipinski definition) is 3. The summed E-state index contributed by atoms with van der Waals surface area (Å²) >= 11 is 0. The molecule has 92 valence electrons. The van der Waals surface area contributed by atoms with Crippen molar-refractivity contribution in [1.82, 2.24) is 10.6 Å². The summed E-state index contributed by atoms with van der Waals surface area (Å²) in [5, 5.41) is 4.95. The molecule has 1 heterocycles. The van der Waals surface area contributed by atoms with E-state index in [9.17, 15) is 9.59 Å². The van der Waals surface area contributed by atoms with E-state index in [1.165, 1.54) is 0 Å². The molecule has 0 radical (unpaired) electrons. The van der Waals surface area contributed by atoms with Crippen molar-refractivity contribution in [2.45, 2.75) is 31.7 Å². The van der Waals surface area contributed by atoms with E-state index in [1.807, 2.05) is 0 Å². The van der Waals surface area contributed by atoms with Gasteiger partial charge in [0.1, 0.15) is 6.04 Å². The molecule has 1 aliphatic heterocycles. The second-order valence-electron chi connectivity index (χ2n) is 4.46. The molecule has 2 fully saturated rings. The highest BCUT2D eigenvalue weighted by molar-refractivity contribution is 6.04. The zero-order chi connectivity index (χ0) is 10.8. The Balaban J connectivity index is 0.00000128. The zero-order valence-electron chi connectivity index (χ0n) is 9.07.